The SMILES string of the molecule is CC(C)[C@H](N)C(=O)NCC(=O)NC1CCN(CC2CCCC2)C1. The fourth-order valence-corrected chi connectivity index (χ4v) is 3.54. The Kier molecular flexibility index (Phi) is 6.84. The Balaban J connectivity index is 1.63. The van der Waals surface area contributed by atoms with E-state index in [0.717, 1.165) is 25.4 Å². The summed E-state index contributed by atoms with van der Waals surface area (Å²) < 4.78 is 0. The van der Waals surface area contributed by atoms with Crippen LogP contribution < -0.4 is 16.4 Å². The molecule has 132 valence electrons. The molecule has 6 nitrogen and oxygen atoms in total. The first kappa shape index (κ1) is 18.2. The van der Waals surface area contributed by atoms with Gasteiger partial charge >= 0.3 is 0 Å². The molecule has 2 amide bonds. The average molecular weight is 324 g/mol. The second kappa shape index (κ2) is 8.64. The molecule has 0 radical (unpaired) electrons. The first-order valence-electron chi connectivity index (χ1n) is 9.00. The lowest BCUT2D eigenvalue weighted by Gasteiger charge is -2.20. The highest BCUT2D eigenvalue weighted by Crippen LogP contribution is 2.26. The van der Waals surface area contributed by atoms with Gasteiger partial charge in [0.05, 0.1) is 12.6 Å². The van der Waals surface area contributed by atoms with E-state index < -0.39 is 6.04 Å². The largest absolute Gasteiger partial charge is 0.350 e. The molecule has 2 atom stereocenters. The molecule has 1 heterocycles. The van der Waals surface area contributed by atoms with Gasteiger partial charge in [-0.2, -0.15) is 0 Å². The third kappa shape index (κ3) is 5.77. The summed E-state index contributed by atoms with van der Waals surface area (Å²) >= 11 is 0. The number of nitrogens with two attached hydrogens (primary N) is 1. The normalized spacial score (nSPS) is 24.1. The van der Waals surface area contributed by atoms with Gasteiger partial charge < -0.3 is 21.3 Å². The van der Waals surface area contributed by atoms with Crippen LogP contribution in [0, 0.1) is 11.8 Å². The van der Waals surface area contributed by atoms with Gasteiger partial charge in [-0.15, -0.1) is 0 Å². The van der Waals surface area contributed by atoms with Crippen LogP contribution in [-0.2, 0) is 9.59 Å². The second-order valence-electron chi connectivity index (χ2n) is 7.45. The van der Waals surface area contributed by atoms with Crippen LogP contribution in [0.15, 0.2) is 0 Å². The van der Waals surface area contributed by atoms with Crippen LogP contribution in [0.5, 0.6) is 0 Å². The highest BCUT2D eigenvalue weighted by molar-refractivity contribution is 5.87. The molecular weight excluding hydrogens is 292 g/mol. The van der Waals surface area contributed by atoms with Crippen molar-refractivity contribution in [3.63, 3.8) is 0 Å². The molecule has 1 aliphatic carbocycles. The van der Waals surface area contributed by atoms with E-state index in [4.69, 9.17) is 5.73 Å². The number of likely N-dealkylation sites (tertiary alicyclic amines) is 1. The fourth-order valence-electron chi connectivity index (χ4n) is 3.54. The third-order valence-electron chi connectivity index (χ3n) is 5.07. The summed E-state index contributed by atoms with van der Waals surface area (Å²) in [7, 11) is 0. The van der Waals surface area contributed by atoms with Crippen molar-refractivity contribution in [1.29, 1.82) is 0 Å². The monoisotopic (exact) mass is 324 g/mol. The van der Waals surface area contributed by atoms with Crippen molar-refractivity contribution < 1.29 is 9.59 Å². The van der Waals surface area contributed by atoms with Gasteiger partial charge in [0.15, 0.2) is 0 Å². The average Bonchev–Trinajstić information content (AvgIpc) is 3.16. The summed E-state index contributed by atoms with van der Waals surface area (Å²) in [6.07, 6.45) is 6.46. The lowest BCUT2D eigenvalue weighted by Crippen LogP contribution is -2.48. The van der Waals surface area contributed by atoms with Crippen molar-refractivity contribution in [2.75, 3.05) is 26.2 Å². The number of amides is 2. The van der Waals surface area contributed by atoms with Gasteiger partial charge in [0.1, 0.15) is 0 Å². The number of nitrogens with one attached hydrogen (secondary N) is 2. The molecule has 0 spiro atoms. The Bertz CT molecular complexity index is 407. The molecule has 0 bridgehead atoms. The molecular formula is C17H32N4O2. The van der Waals surface area contributed by atoms with Crippen LogP contribution in [0.2, 0.25) is 0 Å². The molecule has 2 rings (SSSR count). The number of carbonyl (C=O) groups is 2. The zero-order valence-electron chi connectivity index (χ0n) is 14.5. The highest BCUT2D eigenvalue weighted by Gasteiger charge is 2.27. The molecule has 1 saturated carbocycles. The number of nitrogens with zero attached hydrogens (tertiary/aromatic N) is 1. The molecule has 2 fully saturated rings. The summed E-state index contributed by atoms with van der Waals surface area (Å²) in [5.74, 6) is 0.532. The van der Waals surface area contributed by atoms with Crippen molar-refractivity contribution in [3.05, 3.63) is 0 Å². The number of hydrogen-bond acceptors (Lipinski definition) is 4. The van der Waals surface area contributed by atoms with E-state index in [1.54, 1.807) is 0 Å². The first-order valence-corrected chi connectivity index (χ1v) is 9.00. The fraction of sp³-hybridized carbons (Fsp3) is 0.882. The third-order valence-corrected chi connectivity index (χ3v) is 5.07. The van der Waals surface area contributed by atoms with Gasteiger partial charge in [0, 0.05) is 25.7 Å². The Morgan fingerprint density at radius 3 is 2.57 bits per heavy atom. The molecule has 0 aromatic rings. The quantitative estimate of drug-likeness (QED) is 0.635. The minimum absolute atomic E-state index is 0.0123. The predicted octanol–water partition coefficient (Wildman–Crippen LogP) is 0.467. The van der Waals surface area contributed by atoms with Gasteiger partial charge in [-0.1, -0.05) is 26.7 Å². The van der Waals surface area contributed by atoms with E-state index in [9.17, 15) is 9.59 Å². The minimum Gasteiger partial charge on any atom is -0.350 e. The summed E-state index contributed by atoms with van der Waals surface area (Å²) in [6.45, 7) is 6.96. The molecule has 0 aromatic heterocycles. The van der Waals surface area contributed by atoms with Gasteiger partial charge in [0.2, 0.25) is 11.8 Å². The van der Waals surface area contributed by atoms with Crippen molar-refractivity contribution >= 4 is 11.8 Å². The van der Waals surface area contributed by atoms with Crippen LogP contribution in [0.3, 0.4) is 0 Å². The maximum Gasteiger partial charge on any atom is 0.239 e. The Morgan fingerprint density at radius 1 is 1.22 bits per heavy atom. The summed E-state index contributed by atoms with van der Waals surface area (Å²) in [4.78, 5) is 26.2. The molecule has 2 aliphatic rings. The van der Waals surface area contributed by atoms with Crippen LogP contribution in [0.4, 0.5) is 0 Å². The number of rotatable bonds is 7. The molecule has 0 aromatic carbocycles. The summed E-state index contributed by atoms with van der Waals surface area (Å²) in [6, 6.07) is -0.351. The van der Waals surface area contributed by atoms with E-state index in [2.05, 4.69) is 15.5 Å². The topological polar surface area (TPSA) is 87.5 Å². The highest BCUT2D eigenvalue weighted by atomic mass is 16.2. The zero-order valence-corrected chi connectivity index (χ0v) is 14.5. The van der Waals surface area contributed by atoms with E-state index in [1.165, 1.54) is 32.2 Å². The van der Waals surface area contributed by atoms with Crippen LogP contribution in [0.25, 0.3) is 0 Å². The lowest BCUT2D eigenvalue weighted by atomic mass is 10.1. The molecule has 1 saturated heterocycles. The molecule has 1 unspecified atom stereocenters. The van der Waals surface area contributed by atoms with Crippen LogP contribution >= 0.6 is 0 Å². The van der Waals surface area contributed by atoms with E-state index in [0.29, 0.717) is 0 Å². The Morgan fingerprint density at radius 2 is 1.91 bits per heavy atom. The van der Waals surface area contributed by atoms with E-state index >= 15 is 0 Å². The Hall–Kier alpha value is -1.14. The van der Waals surface area contributed by atoms with Gasteiger partial charge in [-0.25, -0.2) is 0 Å². The van der Waals surface area contributed by atoms with Crippen LogP contribution in [0.1, 0.15) is 46.0 Å². The smallest absolute Gasteiger partial charge is 0.239 e. The molecule has 4 N–H and O–H groups in total. The van der Waals surface area contributed by atoms with Crippen molar-refractivity contribution in [1.82, 2.24) is 15.5 Å². The van der Waals surface area contributed by atoms with Crippen molar-refractivity contribution in [3.8, 4) is 0 Å². The molecule has 1 aliphatic heterocycles. The van der Waals surface area contributed by atoms with E-state index in [1.807, 2.05) is 13.8 Å². The van der Waals surface area contributed by atoms with Crippen molar-refractivity contribution in [2.24, 2.45) is 17.6 Å². The van der Waals surface area contributed by atoms with Crippen LogP contribution in [-0.4, -0.2) is 55.0 Å². The van der Waals surface area contributed by atoms with Gasteiger partial charge in [-0.05, 0) is 31.1 Å². The number of hydrogen-bond donors (Lipinski definition) is 3. The molecule has 23 heavy (non-hydrogen) atoms. The van der Waals surface area contributed by atoms with Gasteiger partial charge in [0.25, 0.3) is 0 Å². The zero-order chi connectivity index (χ0) is 16.8. The summed E-state index contributed by atoms with van der Waals surface area (Å²) in [5, 5.41) is 5.64. The maximum atomic E-state index is 12.0. The standard InChI is InChI=1S/C17H32N4O2/c1-12(2)16(18)17(23)19-9-15(22)20-14-7-8-21(11-14)10-13-5-3-4-6-13/h12-14,16H,3-11,18H2,1-2H3,(H,19,23)(H,20,22)/t14?,16-/m0/s1. The van der Waals surface area contributed by atoms with Gasteiger partial charge in [-0.3, -0.25) is 9.59 Å². The Labute approximate surface area is 139 Å². The summed E-state index contributed by atoms with van der Waals surface area (Å²) in [5.41, 5.74) is 5.76. The first-order chi connectivity index (χ1) is 11.0. The van der Waals surface area contributed by atoms with Crippen molar-refractivity contribution in [2.45, 2.75) is 58.0 Å². The lowest BCUT2D eigenvalue weighted by molar-refractivity contribution is -0.127. The molecule has 6 heteroatoms. The minimum atomic E-state index is -0.559. The maximum absolute atomic E-state index is 12.0. The number of carbonyl (C=O) groups excluding carboxylic acids is 2. The second-order valence-corrected chi connectivity index (χ2v) is 7.45. The van der Waals surface area contributed by atoms with E-state index in [-0.39, 0.29) is 30.3 Å². The predicted molar refractivity (Wildman–Crippen MR) is 90.8 cm³/mol.